The molecule has 3 atom stereocenters. The molecule has 2 rings (SSSR count). The second-order valence-electron chi connectivity index (χ2n) is 5.93. The lowest BCUT2D eigenvalue weighted by atomic mass is 9.53. The molecule has 1 N–H and O–H groups in total. The van der Waals surface area contributed by atoms with E-state index in [0.29, 0.717) is 5.92 Å². The molecule has 0 aliphatic heterocycles. The molecule has 2 aliphatic carbocycles. The largest absolute Gasteiger partial charge is 0.393 e. The molecule has 1 fully saturated rings. The van der Waals surface area contributed by atoms with E-state index in [9.17, 15) is 5.11 Å². The van der Waals surface area contributed by atoms with Crippen molar-refractivity contribution in [2.75, 3.05) is 0 Å². The summed E-state index contributed by atoms with van der Waals surface area (Å²) in [5, 5.41) is 10.2. The van der Waals surface area contributed by atoms with Gasteiger partial charge in [-0.1, -0.05) is 39.3 Å². The van der Waals surface area contributed by atoms with Crippen LogP contribution in [0.2, 0.25) is 0 Å². The van der Waals surface area contributed by atoms with Crippen LogP contribution < -0.4 is 0 Å². The van der Waals surface area contributed by atoms with Crippen molar-refractivity contribution in [3.05, 3.63) is 12.2 Å². The molecule has 0 bridgehead atoms. The van der Waals surface area contributed by atoms with E-state index >= 15 is 0 Å². The number of hydrogen-bond donors (Lipinski definition) is 1. The summed E-state index contributed by atoms with van der Waals surface area (Å²) in [6.07, 6.45) is 9.05. The summed E-state index contributed by atoms with van der Waals surface area (Å²) >= 11 is 0. The average Bonchev–Trinajstić information content (AvgIpc) is 2.08. The van der Waals surface area contributed by atoms with Crippen molar-refractivity contribution in [3.63, 3.8) is 0 Å². The molecular weight excluding hydrogens is 172 g/mol. The van der Waals surface area contributed by atoms with Crippen molar-refractivity contribution in [2.45, 2.75) is 52.6 Å². The molecule has 2 aliphatic rings. The minimum Gasteiger partial charge on any atom is -0.393 e. The first-order valence-corrected chi connectivity index (χ1v) is 5.82. The Kier molecular flexibility index (Phi) is 2.26. The normalized spacial score (nSPS) is 46.0. The van der Waals surface area contributed by atoms with E-state index in [1.807, 2.05) is 0 Å². The van der Waals surface area contributed by atoms with Crippen LogP contribution >= 0.6 is 0 Å². The highest BCUT2D eigenvalue weighted by atomic mass is 16.3. The van der Waals surface area contributed by atoms with Crippen molar-refractivity contribution < 1.29 is 5.11 Å². The summed E-state index contributed by atoms with van der Waals surface area (Å²) in [4.78, 5) is 0. The highest BCUT2D eigenvalue weighted by Crippen LogP contribution is 2.54. The zero-order valence-electron chi connectivity index (χ0n) is 9.59. The van der Waals surface area contributed by atoms with Crippen LogP contribution in [0.3, 0.4) is 0 Å². The fourth-order valence-corrected chi connectivity index (χ4v) is 3.64. The summed E-state index contributed by atoms with van der Waals surface area (Å²) in [7, 11) is 0. The molecule has 0 heterocycles. The molecule has 0 saturated heterocycles. The Morgan fingerprint density at radius 1 is 1.21 bits per heavy atom. The van der Waals surface area contributed by atoms with E-state index in [0.717, 1.165) is 12.8 Å². The third-order valence-electron chi connectivity index (χ3n) is 4.53. The van der Waals surface area contributed by atoms with Crippen molar-refractivity contribution in [3.8, 4) is 0 Å². The van der Waals surface area contributed by atoms with Gasteiger partial charge in [0.2, 0.25) is 0 Å². The van der Waals surface area contributed by atoms with E-state index in [4.69, 9.17) is 0 Å². The minimum absolute atomic E-state index is 0.0922. The van der Waals surface area contributed by atoms with Gasteiger partial charge in [-0.05, 0) is 30.6 Å². The molecule has 80 valence electrons. The van der Waals surface area contributed by atoms with Crippen molar-refractivity contribution in [1.29, 1.82) is 0 Å². The van der Waals surface area contributed by atoms with Gasteiger partial charge in [-0.25, -0.2) is 0 Å². The molecular formula is C13H22O. The summed E-state index contributed by atoms with van der Waals surface area (Å²) < 4.78 is 0. The fraction of sp³-hybridized carbons (Fsp3) is 0.846. The Balaban J connectivity index is 2.35. The second kappa shape index (κ2) is 3.10. The van der Waals surface area contributed by atoms with Crippen LogP contribution in [-0.4, -0.2) is 11.2 Å². The smallest absolute Gasteiger partial charge is 0.0599 e. The first-order chi connectivity index (χ1) is 6.47. The van der Waals surface area contributed by atoms with Crippen LogP contribution in [0, 0.1) is 16.7 Å². The summed E-state index contributed by atoms with van der Waals surface area (Å²) in [6, 6.07) is 0. The van der Waals surface area contributed by atoms with Gasteiger partial charge in [-0.3, -0.25) is 0 Å². The van der Waals surface area contributed by atoms with Gasteiger partial charge in [0.1, 0.15) is 0 Å². The molecule has 1 heteroatoms. The fourth-order valence-electron chi connectivity index (χ4n) is 3.64. The van der Waals surface area contributed by atoms with Gasteiger partial charge >= 0.3 is 0 Å². The van der Waals surface area contributed by atoms with E-state index < -0.39 is 0 Å². The number of rotatable bonds is 0. The molecule has 0 aromatic heterocycles. The van der Waals surface area contributed by atoms with Crippen LogP contribution in [0.25, 0.3) is 0 Å². The van der Waals surface area contributed by atoms with Crippen LogP contribution in [0.15, 0.2) is 12.2 Å². The maximum atomic E-state index is 10.2. The first-order valence-electron chi connectivity index (χ1n) is 5.82. The Morgan fingerprint density at radius 3 is 2.57 bits per heavy atom. The first kappa shape index (κ1) is 10.2. The third-order valence-corrected chi connectivity index (χ3v) is 4.53. The Bertz CT molecular complexity index is 254. The SMILES string of the molecule is CC1(C)C=CC[C@@]2(C)[C@H](O)CCC[C@H]12. The highest BCUT2D eigenvalue weighted by Gasteiger charge is 2.49. The number of aliphatic hydroxyl groups is 1. The third kappa shape index (κ3) is 1.33. The number of fused-ring (bicyclic) bond motifs is 1. The van der Waals surface area contributed by atoms with Crippen molar-refractivity contribution >= 4 is 0 Å². The minimum atomic E-state index is -0.0922. The van der Waals surface area contributed by atoms with Gasteiger partial charge in [0.15, 0.2) is 0 Å². The maximum absolute atomic E-state index is 10.2. The zero-order valence-corrected chi connectivity index (χ0v) is 9.59. The second-order valence-corrected chi connectivity index (χ2v) is 5.93. The monoisotopic (exact) mass is 194 g/mol. The molecule has 1 nitrogen and oxygen atoms in total. The van der Waals surface area contributed by atoms with Gasteiger partial charge < -0.3 is 5.11 Å². The molecule has 0 aromatic rings. The number of allylic oxidation sites excluding steroid dienone is 2. The Labute approximate surface area is 87.2 Å². The summed E-state index contributed by atoms with van der Waals surface area (Å²) in [6.45, 7) is 6.89. The standard InChI is InChI=1S/C13H22O/c1-12(2)8-5-9-13(3)10(12)6-4-7-11(13)14/h5,8,10-11,14H,4,6-7,9H2,1-3H3/t10-,11-,13-/m1/s1. The topological polar surface area (TPSA) is 20.2 Å². The predicted molar refractivity (Wildman–Crippen MR) is 59.0 cm³/mol. The van der Waals surface area contributed by atoms with Gasteiger partial charge in [-0.15, -0.1) is 0 Å². The lowest BCUT2D eigenvalue weighted by Crippen LogP contribution is -2.49. The molecule has 0 aromatic carbocycles. The average molecular weight is 194 g/mol. The van der Waals surface area contributed by atoms with Crippen LogP contribution in [0.4, 0.5) is 0 Å². The lowest BCUT2D eigenvalue weighted by Gasteiger charge is -2.53. The number of aliphatic hydroxyl groups excluding tert-OH is 1. The van der Waals surface area contributed by atoms with Crippen molar-refractivity contribution in [2.24, 2.45) is 16.7 Å². The zero-order chi connectivity index (χ0) is 10.4. The van der Waals surface area contributed by atoms with Crippen molar-refractivity contribution in [1.82, 2.24) is 0 Å². The van der Waals surface area contributed by atoms with E-state index in [2.05, 4.69) is 32.9 Å². The van der Waals surface area contributed by atoms with Crippen LogP contribution in [0.5, 0.6) is 0 Å². The number of hydrogen-bond acceptors (Lipinski definition) is 1. The van der Waals surface area contributed by atoms with Gasteiger partial charge in [0.25, 0.3) is 0 Å². The van der Waals surface area contributed by atoms with E-state index in [-0.39, 0.29) is 16.9 Å². The molecule has 0 unspecified atom stereocenters. The Morgan fingerprint density at radius 2 is 1.93 bits per heavy atom. The highest BCUT2D eigenvalue weighted by molar-refractivity contribution is 5.13. The molecule has 0 spiro atoms. The van der Waals surface area contributed by atoms with Gasteiger partial charge in [-0.2, -0.15) is 0 Å². The quantitative estimate of drug-likeness (QED) is 0.587. The van der Waals surface area contributed by atoms with E-state index in [1.165, 1.54) is 12.8 Å². The molecule has 0 amide bonds. The van der Waals surface area contributed by atoms with Gasteiger partial charge in [0.05, 0.1) is 6.10 Å². The van der Waals surface area contributed by atoms with Gasteiger partial charge in [0, 0.05) is 5.41 Å². The van der Waals surface area contributed by atoms with Crippen LogP contribution in [0.1, 0.15) is 46.5 Å². The molecule has 14 heavy (non-hydrogen) atoms. The summed E-state index contributed by atoms with van der Waals surface area (Å²) in [5.41, 5.74) is 0.408. The predicted octanol–water partition coefficient (Wildman–Crippen LogP) is 3.14. The van der Waals surface area contributed by atoms with Crippen LogP contribution in [-0.2, 0) is 0 Å². The molecule has 1 saturated carbocycles. The lowest BCUT2D eigenvalue weighted by molar-refractivity contribution is -0.0774. The maximum Gasteiger partial charge on any atom is 0.0599 e. The summed E-state index contributed by atoms with van der Waals surface area (Å²) in [5.74, 6) is 0.656. The van der Waals surface area contributed by atoms with E-state index in [1.54, 1.807) is 0 Å². The Hall–Kier alpha value is -0.300. The molecule has 0 radical (unpaired) electrons.